The van der Waals surface area contributed by atoms with Gasteiger partial charge in [0, 0.05) is 18.7 Å². The lowest BCUT2D eigenvalue weighted by atomic mass is 9.96. The van der Waals surface area contributed by atoms with Gasteiger partial charge in [0.2, 0.25) is 11.7 Å². The van der Waals surface area contributed by atoms with Gasteiger partial charge in [-0.2, -0.15) is 10.2 Å². The van der Waals surface area contributed by atoms with E-state index in [1.165, 1.54) is 18.2 Å². The molecule has 7 heteroatoms. The second-order valence-corrected chi connectivity index (χ2v) is 6.50. The van der Waals surface area contributed by atoms with Crippen LogP contribution in [0.25, 0.3) is 11.4 Å². The van der Waals surface area contributed by atoms with E-state index >= 15 is 0 Å². The molecule has 1 fully saturated rings. The summed E-state index contributed by atoms with van der Waals surface area (Å²) >= 11 is 0. The van der Waals surface area contributed by atoms with E-state index in [0.29, 0.717) is 29.5 Å². The summed E-state index contributed by atoms with van der Waals surface area (Å²) in [5.74, 6) is -0.122. The molecule has 1 aliphatic rings. The Hall–Kier alpha value is -3.27. The van der Waals surface area contributed by atoms with Crippen LogP contribution in [0.4, 0.5) is 14.5 Å². The van der Waals surface area contributed by atoms with Gasteiger partial charge in [0.25, 0.3) is 0 Å². The third kappa shape index (κ3) is 3.38. The number of halogens is 2. The first-order chi connectivity index (χ1) is 13.2. The van der Waals surface area contributed by atoms with Gasteiger partial charge in [-0.15, -0.1) is 0 Å². The van der Waals surface area contributed by atoms with Crippen molar-refractivity contribution in [2.45, 2.75) is 18.8 Å². The molecule has 0 N–H and O–H groups in total. The maximum Gasteiger partial charge on any atom is 0.231 e. The molecule has 136 valence electrons. The van der Waals surface area contributed by atoms with Crippen molar-refractivity contribution in [3.63, 3.8) is 0 Å². The third-order valence-corrected chi connectivity index (χ3v) is 4.74. The summed E-state index contributed by atoms with van der Waals surface area (Å²) in [5.41, 5.74) is 1.17. The molecule has 0 spiro atoms. The van der Waals surface area contributed by atoms with Gasteiger partial charge in [-0.05, 0) is 37.1 Å². The van der Waals surface area contributed by atoms with Crippen LogP contribution in [0.3, 0.4) is 0 Å². The molecular formula is C20H16F2N4O. The first-order valence-corrected chi connectivity index (χ1v) is 8.69. The van der Waals surface area contributed by atoms with Gasteiger partial charge in [-0.3, -0.25) is 0 Å². The van der Waals surface area contributed by atoms with Gasteiger partial charge < -0.3 is 9.42 Å². The smallest absolute Gasteiger partial charge is 0.231 e. The van der Waals surface area contributed by atoms with E-state index < -0.39 is 5.82 Å². The lowest BCUT2D eigenvalue weighted by Gasteiger charge is -2.33. The molecule has 1 aliphatic heterocycles. The van der Waals surface area contributed by atoms with E-state index in [-0.39, 0.29) is 17.3 Å². The molecule has 0 radical (unpaired) electrons. The minimum Gasteiger partial charge on any atom is -0.370 e. The molecule has 1 aromatic heterocycles. The summed E-state index contributed by atoms with van der Waals surface area (Å²) in [5, 5.41) is 13.2. The first-order valence-electron chi connectivity index (χ1n) is 8.69. The number of aromatic nitrogens is 2. The van der Waals surface area contributed by atoms with Crippen LogP contribution in [0, 0.1) is 23.0 Å². The lowest BCUT2D eigenvalue weighted by molar-refractivity contribution is 0.333. The topological polar surface area (TPSA) is 66.0 Å². The Morgan fingerprint density at radius 1 is 1.19 bits per heavy atom. The third-order valence-electron chi connectivity index (χ3n) is 4.74. The van der Waals surface area contributed by atoms with Crippen LogP contribution in [0.1, 0.15) is 30.2 Å². The number of anilines is 1. The Balaban J connectivity index is 1.58. The number of benzene rings is 2. The minimum absolute atomic E-state index is 0.0385. The van der Waals surface area contributed by atoms with Gasteiger partial charge in [-0.25, -0.2) is 8.78 Å². The zero-order valence-corrected chi connectivity index (χ0v) is 14.4. The Morgan fingerprint density at radius 3 is 2.85 bits per heavy atom. The van der Waals surface area contributed by atoms with Gasteiger partial charge in [0.15, 0.2) is 0 Å². The summed E-state index contributed by atoms with van der Waals surface area (Å²) < 4.78 is 32.7. The van der Waals surface area contributed by atoms with Crippen molar-refractivity contribution in [3.05, 3.63) is 65.6 Å². The van der Waals surface area contributed by atoms with Crippen LogP contribution >= 0.6 is 0 Å². The summed E-state index contributed by atoms with van der Waals surface area (Å²) in [6.45, 7) is 1.27. The quantitative estimate of drug-likeness (QED) is 0.692. The molecule has 1 unspecified atom stereocenters. The Kier molecular flexibility index (Phi) is 4.55. The number of rotatable bonds is 3. The molecule has 1 atom stereocenters. The number of nitriles is 1. The number of hydrogen-bond donors (Lipinski definition) is 0. The highest BCUT2D eigenvalue weighted by atomic mass is 19.1. The van der Waals surface area contributed by atoms with Crippen molar-refractivity contribution in [1.82, 2.24) is 10.1 Å². The molecule has 2 aromatic carbocycles. The van der Waals surface area contributed by atoms with Gasteiger partial charge >= 0.3 is 0 Å². The summed E-state index contributed by atoms with van der Waals surface area (Å²) in [7, 11) is 0. The normalized spacial score (nSPS) is 16.9. The number of hydrogen-bond acceptors (Lipinski definition) is 5. The van der Waals surface area contributed by atoms with Crippen molar-refractivity contribution in [2.75, 3.05) is 18.0 Å². The summed E-state index contributed by atoms with van der Waals surface area (Å²) in [4.78, 5) is 6.40. The second kappa shape index (κ2) is 7.16. The van der Waals surface area contributed by atoms with Crippen molar-refractivity contribution in [3.8, 4) is 17.5 Å². The number of nitrogens with zero attached hydrogens (tertiary/aromatic N) is 4. The average Bonchev–Trinajstić information content (AvgIpc) is 3.18. The molecule has 0 bridgehead atoms. The molecule has 1 saturated heterocycles. The van der Waals surface area contributed by atoms with Crippen LogP contribution in [0.2, 0.25) is 0 Å². The highest BCUT2D eigenvalue weighted by molar-refractivity contribution is 5.60. The van der Waals surface area contributed by atoms with E-state index in [2.05, 4.69) is 10.1 Å². The molecule has 2 heterocycles. The van der Waals surface area contributed by atoms with Crippen molar-refractivity contribution in [1.29, 1.82) is 5.26 Å². The molecule has 5 nitrogen and oxygen atoms in total. The fourth-order valence-corrected chi connectivity index (χ4v) is 3.43. The average molecular weight is 366 g/mol. The lowest BCUT2D eigenvalue weighted by Crippen LogP contribution is -2.35. The van der Waals surface area contributed by atoms with Crippen molar-refractivity contribution in [2.24, 2.45) is 0 Å². The molecule has 0 saturated carbocycles. The van der Waals surface area contributed by atoms with Gasteiger partial charge in [0.1, 0.15) is 23.3 Å². The van der Waals surface area contributed by atoms with Crippen molar-refractivity contribution >= 4 is 5.69 Å². The van der Waals surface area contributed by atoms with E-state index in [1.807, 2.05) is 11.0 Å². The van der Waals surface area contributed by atoms with Crippen LogP contribution in [0.5, 0.6) is 0 Å². The summed E-state index contributed by atoms with van der Waals surface area (Å²) in [6.07, 6.45) is 1.70. The highest BCUT2D eigenvalue weighted by Gasteiger charge is 2.28. The van der Waals surface area contributed by atoms with Crippen LogP contribution in [-0.4, -0.2) is 23.2 Å². The van der Waals surface area contributed by atoms with E-state index in [9.17, 15) is 14.0 Å². The first kappa shape index (κ1) is 17.2. The standard InChI is InChI=1S/C20H16F2N4O/c21-15-6-1-4-13(10-15)19-24-20(27-25-19)14-5-3-9-26(12-14)18-8-2-7-17(22)16(18)11-23/h1-2,4,6-8,10,14H,3,5,9,12H2. The van der Waals surface area contributed by atoms with E-state index in [1.54, 1.807) is 24.3 Å². The number of piperidine rings is 1. The minimum atomic E-state index is -0.525. The fraction of sp³-hybridized carbons (Fsp3) is 0.250. The maximum absolute atomic E-state index is 13.9. The SMILES string of the molecule is N#Cc1c(F)cccc1N1CCCC(c2nc(-c3cccc(F)c3)no2)C1. The fourth-order valence-electron chi connectivity index (χ4n) is 3.43. The van der Waals surface area contributed by atoms with Crippen LogP contribution in [-0.2, 0) is 0 Å². The molecule has 4 rings (SSSR count). The molecule has 3 aromatic rings. The Labute approximate surface area is 154 Å². The van der Waals surface area contributed by atoms with Gasteiger partial charge in [0.05, 0.1) is 11.6 Å². The largest absolute Gasteiger partial charge is 0.370 e. The zero-order chi connectivity index (χ0) is 18.8. The monoisotopic (exact) mass is 366 g/mol. The predicted molar refractivity (Wildman–Crippen MR) is 95.0 cm³/mol. The molecule has 27 heavy (non-hydrogen) atoms. The van der Waals surface area contributed by atoms with E-state index in [0.717, 1.165) is 19.4 Å². The predicted octanol–water partition coefficient (Wildman–Crippen LogP) is 4.27. The zero-order valence-electron chi connectivity index (χ0n) is 14.4. The maximum atomic E-state index is 13.9. The Morgan fingerprint density at radius 2 is 2.04 bits per heavy atom. The van der Waals surface area contributed by atoms with Crippen LogP contribution in [0.15, 0.2) is 47.0 Å². The molecule has 0 amide bonds. The molecular weight excluding hydrogens is 350 g/mol. The highest BCUT2D eigenvalue weighted by Crippen LogP contribution is 2.32. The van der Waals surface area contributed by atoms with Gasteiger partial charge in [-0.1, -0.05) is 23.4 Å². The Bertz CT molecular complexity index is 1010. The van der Waals surface area contributed by atoms with Crippen LogP contribution < -0.4 is 4.90 Å². The molecule has 0 aliphatic carbocycles. The van der Waals surface area contributed by atoms with Crippen molar-refractivity contribution < 1.29 is 13.3 Å². The van der Waals surface area contributed by atoms with E-state index in [4.69, 9.17) is 4.52 Å². The summed E-state index contributed by atoms with van der Waals surface area (Å²) in [6, 6.07) is 12.6. The second-order valence-electron chi connectivity index (χ2n) is 6.50.